The lowest BCUT2D eigenvalue weighted by Gasteiger charge is -2.48. The summed E-state index contributed by atoms with van der Waals surface area (Å²) in [6.07, 6.45) is -2.91. The number of halogens is 6. The van der Waals surface area contributed by atoms with Crippen LogP contribution >= 0.6 is 11.6 Å². The van der Waals surface area contributed by atoms with E-state index in [-0.39, 0.29) is 42.8 Å². The van der Waals surface area contributed by atoms with Gasteiger partial charge in [0.1, 0.15) is 0 Å². The minimum absolute atomic E-state index is 0.0708. The molecule has 0 spiro atoms. The van der Waals surface area contributed by atoms with Crippen molar-refractivity contribution in [2.24, 2.45) is 0 Å². The van der Waals surface area contributed by atoms with Gasteiger partial charge in [0.2, 0.25) is 5.92 Å². The maximum Gasteiger partial charge on any atom is 0.416 e. The molecule has 170 valence electrons. The molecule has 2 rings (SSSR count). The first kappa shape index (κ1) is 24.9. The highest BCUT2D eigenvalue weighted by atomic mass is 35.5. The Kier molecular flexibility index (Phi) is 8.13. The Morgan fingerprint density at radius 2 is 1.67 bits per heavy atom. The van der Waals surface area contributed by atoms with E-state index in [2.05, 4.69) is 10.2 Å². The molecule has 9 heteroatoms. The molecule has 1 fully saturated rings. The summed E-state index contributed by atoms with van der Waals surface area (Å²) in [5.41, 5.74) is -1.62. The van der Waals surface area contributed by atoms with Gasteiger partial charge in [0, 0.05) is 24.9 Å². The van der Waals surface area contributed by atoms with Crippen LogP contribution in [0.5, 0.6) is 0 Å². The third kappa shape index (κ3) is 6.06. The van der Waals surface area contributed by atoms with Crippen LogP contribution < -0.4 is 5.32 Å². The number of hydrogen-bond donors (Lipinski definition) is 1. The van der Waals surface area contributed by atoms with Gasteiger partial charge in [0.15, 0.2) is 0 Å². The van der Waals surface area contributed by atoms with Crippen molar-refractivity contribution in [3.8, 4) is 0 Å². The fraction of sp³-hybridized carbons (Fsp3) is 0.667. The molecule has 3 nitrogen and oxygen atoms in total. The van der Waals surface area contributed by atoms with Crippen LogP contribution in [0.25, 0.3) is 0 Å². The number of hydrogen-bond acceptors (Lipinski definition) is 2. The van der Waals surface area contributed by atoms with Gasteiger partial charge in [0.25, 0.3) is 5.91 Å². The highest BCUT2D eigenvalue weighted by molar-refractivity contribution is 6.33. The molecule has 0 bridgehead atoms. The number of carbonyl (C=O) groups excluding carboxylic acids is 1. The second-order valence-electron chi connectivity index (χ2n) is 7.94. The number of nitrogens with one attached hydrogen (secondary N) is 1. The lowest BCUT2D eigenvalue weighted by atomic mass is 9.78. The Bertz CT molecular complexity index is 723. The van der Waals surface area contributed by atoms with Crippen LogP contribution in [0.15, 0.2) is 18.2 Å². The molecule has 0 aliphatic heterocycles. The second kappa shape index (κ2) is 9.81. The zero-order valence-electron chi connectivity index (χ0n) is 17.2. The van der Waals surface area contributed by atoms with E-state index in [1.165, 1.54) is 0 Å². The standard InChI is InChI=1S/C21H28ClF5N2O/c1-3-11-29(12-4-2)19(7-9-20(23,24)10-8-19)14-28-18(30)16-6-5-15(13-17(16)22)21(25,26)27/h5-6,13H,3-4,7-12,14H2,1-2H3,(H,28,30). The van der Waals surface area contributed by atoms with Gasteiger partial charge in [0.05, 0.1) is 16.1 Å². The normalized spacial score (nSPS) is 18.4. The molecule has 0 heterocycles. The van der Waals surface area contributed by atoms with Crippen LogP contribution in [0.3, 0.4) is 0 Å². The number of amides is 1. The van der Waals surface area contributed by atoms with E-state index >= 15 is 0 Å². The van der Waals surface area contributed by atoms with Gasteiger partial charge in [-0.2, -0.15) is 13.2 Å². The first-order valence-electron chi connectivity index (χ1n) is 10.2. The van der Waals surface area contributed by atoms with Gasteiger partial charge in [-0.3, -0.25) is 9.69 Å². The summed E-state index contributed by atoms with van der Waals surface area (Å²) in [5, 5.41) is 2.44. The molecule has 0 aromatic heterocycles. The lowest BCUT2D eigenvalue weighted by Crippen LogP contribution is -2.59. The minimum Gasteiger partial charge on any atom is -0.350 e. The molecule has 1 aromatic rings. The number of benzene rings is 1. The van der Waals surface area contributed by atoms with Crippen LogP contribution in [0, 0.1) is 0 Å². The summed E-state index contributed by atoms with van der Waals surface area (Å²) in [7, 11) is 0. The van der Waals surface area contributed by atoms with E-state index in [4.69, 9.17) is 11.6 Å². The number of carbonyl (C=O) groups is 1. The second-order valence-corrected chi connectivity index (χ2v) is 8.35. The van der Waals surface area contributed by atoms with Crippen LogP contribution in [-0.2, 0) is 6.18 Å². The summed E-state index contributed by atoms with van der Waals surface area (Å²) in [4.78, 5) is 14.8. The zero-order valence-corrected chi connectivity index (χ0v) is 18.0. The van der Waals surface area contributed by atoms with Crippen molar-refractivity contribution in [2.75, 3.05) is 19.6 Å². The lowest BCUT2D eigenvalue weighted by molar-refractivity contribution is -0.137. The van der Waals surface area contributed by atoms with E-state index in [0.717, 1.165) is 38.1 Å². The summed E-state index contributed by atoms with van der Waals surface area (Å²) in [5.74, 6) is -3.33. The van der Waals surface area contributed by atoms with Crippen molar-refractivity contribution in [2.45, 2.75) is 70.0 Å². The van der Waals surface area contributed by atoms with Gasteiger partial charge >= 0.3 is 6.18 Å². The van der Waals surface area contributed by atoms with Crippen molar-refractivity contribution in [1.82, 2.24) is 10.2 Å². The maximum absolute atomic E-state index is 13.8. The van der Waals surface area contributed by atoms with Gasteiger partial charge in [-0.25, -0.2) is 8.78 Å². The first-order chi connectivity index (χ1) is 13.9. The van der Waals surface area contributed by atoms with Gasteiger partial charge in [-0.05, 0) is 57.0 Å². The molecule has 1 aromatic carbocycles. The fourth-order valence-electron chi connectivity index (χ4n) is 4.03. The SMILES string of the molecule is CCCN(CCC)C1(CNC(=O)c2ccc(C(F)(F)F)cc2Cl)CCC(F)(F)CC1. The average Bonchev–Trinajstić information content (AvgIpc) is 2.66. The highest BCUT2D eigenvalue weighted by Crippen LogP contribution is 2.41. The van der Waals surface area contributed by atoms with E-state index in [1.807, 2.05) is 13.8 Å². The molecular formula is C21H28ClF5N2O. The summed E-state index contributed by atoms with van der Waals surface area (Å²) < 4.78 is 66.1. The maximum atomic E-state index is 13.8. The Hall–Kier alpha value is -1.41. The van der Waals surface area contributed by atoms with Crippen LogP contribution in [0.4, 0.5) is 22.0 Å². The summed E-state index contributed by atoms with van der Waals surface area (Å²) in [6, 6.07) is 2.56. The van der Waals surface area contributed by atoms with Gasteiger partial charge in [-0.1, -0.05) is 25.4 Å². The topological polar surface area (TPSA) is 32.3 Å². The number of alkyl halides is 5. The molecule has 1 N–H and O–H groups in total. The van der Waals surface area contributed by atoms with Crippen LogP contribution in [0.1, 0.15) is 68.3 Å². The van der Waals surface area contributed by atoms with Crippen molar-refractivity contribution < 1.29 is 26.7 Å². The van der Waals surface area contributed by atoms with Gasteiger partial charge in [-0.15, -0.1) is 0 Å². The van der Waals surface area contributed by atoms with Crippen molar-refractivity contribution >= 4 is 17.5 Å². The highest BCUT2D eigenvalue weighted by Gasteiger charge is 2.46. The average molecular weight is 455 g/mol. The molecule has 0 radical (unpaired) electrons. The molecule has 0 atom stereocenters. The molecule has 30 heavy (non-hydrogen) atoms. The molecular weight excluding hydrogens is 427 g/mol. The predicted molar refractivity (Wildman–Crippen MR) is 107 cm³/mol. The molecule has 0 unspecified atom stereocenters. The monoisotopic (exact) mass is 454 g/mol. The van der Waals surface area contributed by atoms with Gasteiger partial charge < -0.3 is 5.32 Å². The smallest absolute Gasteiger partial charge is 0.350 e. The third-order valence-electron chi connectivity index (χ3n) is 5.69. The third-order valence-corrected chi connectivity index (χ3v) is 6.00. The van der Waals surface area contributed by atoms with Crippen molar-refractivity contribution in [3.63, 3.8) is 0 Å². The molecule has 0 saturated heterocycles. The van der Waals surface area contributed by atoms with Crippen molar-refractivity contribution in [3.05, 3.63) is 34.3 Å². The molecule has 1 amide bonds. The minimum atomic E-state index is -4.56. The largest absolute Gasteiger partial charge is 0.416 e. The fourth-order valence-corrected chi connectivity index (χ4v) is 4.29. The Labute approximate surface area is 179 Å². The Morgan fingerprint density at radius 3 is 2.13 bits per heavy atom. The van der Waals surface area contributed by atoms with E-state index in [1.54, 1.807) is 0 Å². The zero-order chi connectivity index (χ0) is 22.6. The van der Waals surface area contributed by atoms with E-state index < -0.39 is 29.1 Å². The van der Waals surface area contributed by atoms with Crippen molar-refractivity contribution in [1.29, 1.82) is 0 Å². The first-order valence-corrected chi connectivity index (χ1v) is 10.6. The molecule has 1 aliphatic carbocycles. The number of nitrogens with zero attached hydrogens (tertiary/aromatic N) is 1. The molecule has 1 saturated carbocycles. The van der Waals surface area contributed by atoms with Crippen LogP contribution in [0.2, 0.25) is 5.02 Å². The quantitative estimate of drug-likeness (QED) is 0.477. The predicted octanol–water partition coefficient (Wildman–Crippen LogP) is 6.16. The van der Waals surface area contributed by atoms with Crippen LogP contribution in [-0.4, -0.2) is 41.9 Å². The summed E-state index contributed by atoms with van der Waals surface area (Å²) >= 11 is 5.92. The van der Waals surface area contributed by atoms with E-state index in [0.29, 0.717) is 6.07 Å². The Balaban J connectivity index is 2.19. The Morgan fingerprint density at radius 1 is 1.10 bits per heavy atom. The number of rotatable bonds is 8. The molecule has 1 aliphatic rings. The summed E-state index contributed by atoms with van der Waals surface area (Å²) in [6.45, 7) is 5.59. The van der Waals surface area contributed by atoms with E-state index in [9.17, 15) is 26.7 Å².